The van der Waals surface area contributed by atoms with Crippen molar-refractivity contribution in [2.24, 2.45) is 5.73 Å². The third kappa shape index (κ3) is 4.94. The summed E-state index contributed by atoms with van der Waals surface area (Å²) >= 11 is 5.88. The number of halogens is 1. The highest BCUT2D eigenvalue weighted by molar-refractivity contribution is 6.31. The molecule has 0 aliphatic heterocycles. The molecule has 0 heterocycles. The SMILES string of the molecule is COc1ccc(Cl)cc1NC(=O)CCC(C)(C)N. The lowest BCUT2D eigenvalue weighted by atomic mass is 10.00. The van der Waals surface area contributed by atoms with E-state index in [0.29, 0.717) is 29.3 Å². The Labute approximate surface area is 112 Å². The summed E-state index contributed by atoms with van der Waals surface area (Å²) in [5, 5.41) is 3.32. The highest BCUT2D eigenvalue weighted by atomic mass is 35.5. The molecular formula is C13H19ClN2O2. The Kier molecular flexibility index (Phi) is 4.99. The highest BCUT2D eigenvalue weighted by Crippen LogP contribution is 2.27. The zero-order valence-electron chi connectivity index (χ0n) is 10.9. The molecule has 18 heavy (non-hydrogen) atoms. The number of methoxy groups -OCH3 is 1. The Morgan fingerprint density at radius 3 is 2.72 bits per heavy atom. The summed E-state index contributed by atoms with van der Waals surface area (Å²) < 4.78 is 5.15. The number of amides is 1. The number of carbonyl (C=O) groups is 1. The molecule has 0 saturated heterocycles. The first-order chi connectivity index (χ1) is 8.31. The average Bonchev–Trinajstić information content (AvgIpc) is 2.26. The van der Waals surface area contributed by atoms with Gasteiger partial charge >= 0.3 is 0 Å². The van der Waals surface area contributed by atoms with E-state index in [4.69, 9.17) is 22.1 Å². The minimum absolute atomic E-state index is 0.103. The maximum absolute atomic E-state index is 11.8. The normalized spacial score (nSPS) is 11.2. The van der Waals surface area contributed by atoms with Gasteiger partial charge in [-0.1, -0.05) is 11.6 Å². The van der Waals surface area contributed by atoms with E-state index < -0.39 is 0 Å². The van der Waals surface area contributed by atoms with E-state index >= 15 is 0 Å². The van der Waals surface area contributed by atoms with Gasteiger partial charge in [-0.2, -0.15) is 0 Å². The second kappa shape index (κ2) is 6.07. The van der Waals surface area contributed by atoms with Gasteiger partial charge in [0.25, 0.3) is 0 Å². The van der Waals surface area contributed by atoms with Crippen LogP contribution in [0.2, 0.25) is 5.02 Å². The van der Waals surface area contributed by atoms with Crippen LogP contribution in [0.3, 0.4) is 0 Å². The molecule has 1 aromatic rings. The van der Waals surface area contributed by atoms with Gasteiger partial charge in [-0.3, -0.25) is 4.79 Å². The first kappa shape index (κ1) is 14.8. The lowest BCUT2D eigenvalue weighted by molar-refractivity contribution is -0.116. The van der Waals surface area contributed by atoms with Crippen molar-refractivity contribution in [3.63, 3.8) is 0 Å². The number of nitrogens with two attached hydrogens (primary N) is 1. The average molecular weight is 271 g/mol. The minimum Gasteiger partial charge on any atom is -0.495 e. The Bertz CT molecular complexity index is 427. The molecule has 0 aliphatic rings. The summed E-state index contributed by atoms with van der Waals surface area (Å²) in [6.45, 7) is 3.78. The number of ether oxygens (including phenoxy) is 1. The zero-order valence-corrected chi connectivity index (χ0v) is 11.7. The number of carbonyl (C=O) groups excluding carboxylic acids is 1. The van der Waals surface area contributed by atoms with Crippen molar-refractivity contribution >= 4 is 23.2 Å². The number of hydrogen-bond acceptors (Lipinski definition) is 3. The summed E-state index contributed by atoms with van der Waals surface area (Å²) in [7, 11) is 1.54. The van der Waals surface area contributed by atoms with Gasteiger partial charge in [-0.05, 0) is 38.5 Å². The van der Waals surface area contributed by atoms with Crippen molar-refractivity contribution in [1.29, 1.82) is 0 Å². The van der Waals surface area contributed by atoms with Gasteiger partial charge in [0.15, 0.2) is 0 Å². The van der Waals surface area contributed by atoms with Crippen molar-refractivity contribution in [2.45, 2.75) is 32.2 Å². The van der Waals surface area contributed by atoms with Crippen molar-refractivity contribution in [1.82, 2.24) is 0 Å². The van der Waals surface area contributed by atoms with Crippen LogP contribution < -0.4 is 15.8 Å². The molecule has 0 atom stereocenters. The van der Waals surface area contributed by atoms with E-state index in [1.807, 2.05) is 13.8 Å². The lowest BCUT2D eigenvalue weighted by Gasteiger charge is -2.18. The molecule has 0 radical (unpaired) electrons. The van der Waals surface area contributed by atoms with E-state index in [-0.39, 0.29) is 11.4 Å². The van der Waals surface area contributed by atoms with Gasteiger partial charge in [-0.15, -0.1) is 0 Å². The molecule has 1 amide bonds. The number of hydrogen-bond donors (Lipinski definition) is 2. The first-order valence-electron chi connectivity index (χ1n) is 5.74. The van der Waals surface area contributed by atoms with E-state index in [1.54, 1.807) is 25.3 Å². The predicted molar refractivity (Wildman–Crippen MR) is 74.1 cm³/mol. The number of benzene rings is 1. The van der Waals surface area contributed by atoms with Gasteiger partial charge in [0.1, 0.15) is 5.75 Å². The molecule has 0 saturated carbocycles. The van der Waals surface area contributed by atoms with Crippen LogP contribution in [-0.4, -0.2) is 18.6 Å². The number of nitrogens with one attached hydrogen (secondary N) is 1. The molecule has 4 nitrogen and oxygen atoms in total. The third-order valence-corrected chi connectivity index (χ3v) is 2.67. The topological polar surface area (TPSA) is 64.3 Å². The quantitative estimate of drug-likeness (QED) is 0.865. The lowest BCUT2D eigenvalue weighted by Crippen LogP contribution is -2.33. The van der Waals surface area contributed by atoms with Crippen LogP contribution >= 0.6 is 11.6 Å². The molecule has 0 bridgehead atoms. The summed E-state index contributed by atoms with van der Waals surface area (Å²) in [6, 6.07) is 5.08. The molecule has 5 heteroatoms. The molecule has 1 aromatic carbocycles. The summed E-state index contributed by atoms with van der Waals surface area (Å²) in [4.78, 5) is 11.8. The Morgan fingerprint density at radius 2 is 2.17 bits per heavy atom. The van der Waals surface area contributed by atoms with Gasteiger partial charge < -0.3 is 15.8 Å². The van der Waals surface area contributed by atoms with Gasteiger partial charge in [-0.25, -0.2) is 0 Å². The van der Waals surface area contributed by atoms with Crippen LogP contribution in [0.15, 0.2) is 18.2 Å². The molecule has 0 aromatic heterocycles. The number of anilines is 1. The Morgan fingerprint density at radius 1 is 1.50 bits per heavy atom. The number of rotatable bonds is 5. The van der Waals surface area contributed by atoms with Crippen LogP contribution in [0, 0.1) is 0 Å². The molecule has 0 aliphatic carbocycles. The molecule has 3 N–H and O–H groups in total. The van der Waals surface area contributed by atoms with Crippen molar-refractivity contribution in [2.75, 3.05) is 12.4 Å². The maximum atomic E-state index is 11.8. The van der Waals surface area contributed by atoms with Gasteiger partial charge in [0.05, 0.1) is 12.8 Å². The predicted octanol–water partition coefficient (Wildman–Crippen LogP) is 2.80. The van der Waals surface area contributed by atoms with Crippen molar-refractivity contribution in [3.05, 3.63) is 23.2 Å². The smallest absolute Gasteiger partial charge is 0.224 e. The summed E-state index contributed by atoms with van der Waals surface area (Å²) in [5.74, 6) is 0.480. The monoisotopic (exact) mass is 270 g/mol. The second-order valence-electron chi connectivity index (χ2n) is 4.88. The van der Waals surface area contributed by atoms with Crippen molar-refractivity contribution in [3.8, 4) is 5.75 Å². The van der Waals surface area contributed by atoms with Crippen LogP contribution in [0.4, 0.5) is 5.69 Å². The van der Waals surface area contributed by atoms with Crippen LogP contribution in [-0.2, 0) is 4.79 Å². The van der Waals surface area contributed by atoms with E-state index in [0.717, 1.165) is 0 Å². The first-order valence-corrected chi connectivity index (χ1v) is 6.12. The Hall–Kier alpha value is -1.26. The van der Waals surface area contributed by atoms with E-state index in [1.165, 1.54) is 0 Å². The third-order valence-electron chi connectivity index (χ3n) is 2.43. The summed E-state index contributed by atoms with van der Waals surface area (Å²) in [5.41, 5.74) is 6.05. The van der Waals surface area contributed by atoms with E-state index in [2.05, 4.69) is 5.32 Å². The zero-order chi connectivity index (χ0) is 13.8. The van der Waals surface area contributed by atoms with Gasteiger partial charge in [0, 0.05) is 17.0 Å². The van der Waals surface area contributed by atoms with Crippen LogP contribution in [0.1, 0.15) is 26.7 Å². The second-order valence-corrected chi connectivity index (χ2v) is 5.32. The largest absolute Gasteiger partial charge is 0.495 e. The fourth-order valence-corrected chi connectivity index (χ4v) is 1.60. The molecule has 0 unspecified atom stereocenters. The maximum Gasteiger partial charge on any atom is 0.224 e. The standard InChI is InChI=1S/C13H19ClN2O2/c1-13(2,15)7-6-12(17)16-10-8-9(14)4-5-11(10)18-3/h4-5,8H,6-7,15H2,1-3H3,(H,16,17). The van der Waals surface area contributed by atoms with E-state index in [9.17, 15) is 4.79 Å². The molecule has 100 valence electrons. The minimum atomic E-state index is -0.351. The van der Waals surface area contributed by atoms with Gasteiger partial charge in [0.2, 0.25) is 5.91 Å². The van der Waals surface area contributed by atoms with Crippen LogP contribution in [0.25, 0.3) is 0 Å². The highest BCUT2D eigenvalue weighted by Gasteiger charge is 2.14. The molecule has 1 rings (SSSR count). The fourth-order valence-electron chi connectivity index (χ4n) is 1.43. The van der Waals surface area contributed by atoms with Crippen molar-refractivity contribution < 1.29 is 9.53 Å². The molecule has 0 fully saturated rings. The molecule has 0 spiro atoms. The Balaban J connectivity index is 2.66. The van der Waals surface area contributed by atoms with Crippen LogP contribution in [0.5, 0.6) is 5.75 Å². The summed E-state index contributed by atoms with van der Waals surface area (Å²) in [6.07, 6.45) is 0.973. The fraction of sp³-hybridized carbons (Fsp3) is 0.462. The molecular weight excluding hydrogens is 252 g/mol.